The number of nitrogens with two attached hydrogens (primary N) is 2. The van der Waals surface area contributed by atoms with Gasteiger partial charge in [-0.3, -0.25) is 15.6 Å². The number of nitrogens with one attached hydrogen (secondary N) is 3. The quantitative estimate of drug-likeness (QED) is 0.0361. The number of benzene rings is 1. The fourth-order valence-corrected chi connectivity index (χ4v) is 7.67. The van der Waals surface area contributed by atoms with E-state index in [0.29, 0.717) is 289 Å². The van der Waals surface area contributed by atoms with Crippen LogP contribution in [0, 0.1) is 10.8 Å². The largest absolute Gasteiger partial charge is 0.474 e. The highest BCUT2D eigenvalue weighted by molar-refractivity contribution is 6.04. The Bertz CT molecular complexity index is 1980. The molecule has 2 rings (SSSR count). The van der Waals surface area contributed by atoms with Crippen LogP contribution in [0.2, 0.25) is 0 Å². The smallest absolute Gasteiger partial charge is 0.233 e. The summed E-state index contributed by atoms with van der Waals surface area (Å²) in [5, 5.41) is 19.7. The van der Waals surface area contributed by atoms with Gasteiger partial charge in [0.15, 0.2) is 0 Å². The minimum absolute atomic E-state index is 0.0643. The lowest BCUT2D eigenvalue weighted by molar-refractivity contribution is -0.122. The molecule has 29 nitrogen and oxygen atoms in total. The van der Waals surface area contributed by atoms with E-state index in [1.165, 1.54) is 0 Å². The average molecular weight is 1320 g/mol. The monoisotopic (exact) mass is 1320 g/mol. The van der Waals surface area contributed by atoms with E-state index in [0.717, 1.165) is 29.8 Å². The lowest BCUT2D eigenvalue weighted by atomic mass is 10.1. The van der Waals surface area contributed by atoms with Gasteiger partial charge in [0, 0.05) is 32.5 Å². The number of hydrogen-bond acceptors (Lipinski definition) is 26. The van der Waals surface area contributed by atoms with Gasteiger partial charge in [-0.25, -0.2) is 4.98 Å². The van der Waals surface area contributed by atoms with Crippen molar-refractivity contribution in [3.05, 3.63) is 52.6 Å². The van der Waals surface area contributed by atoms with Crippen LogP contribution in [0.15, 0.2) is 24.3 Å². The van der Waals surface area contributed by atoms with Crippen molar-refractivity contribution in [1.82, 2.24) is 14.9 Å². The molecule has 0 atom stereocenters. The lowest BCUT2D eigenvalue weighted by Gasteiger charge is -2.16. The summed E-state index contributed by atoms with van der Waals surface area (Å²) in [5.41, 5.74) is 13.8. The molecule has 0 radical (unpaired) electrons. The Morgan fingerprint density at radius 3 is 0.978 bits per heavy atom. The topological polar surface area (TPSA) is 340 Å². The van der Waals surface area contributed by atoms with Crippen LogP contribution < -0.4 is 16.8 Å². The number of imidazole rings is 1. The molecule has 0 aliphatic carbocycles. The second-order valence-electron chi connectivity index (χ2n) is 20.2. The van der Waals surface area contributed by atoms with Crippen LogP contribution >= 0.6 is 0 Å². The molecule has 0 aliphatic heterocycles. The van der Waals surface area contributed by atoms with E-state index >= 15 is 0 Å². The van der Waals surface area contributed by atoms with E-state index in [4.69, 9.17) is 122 Å². The Labute approximate surface area is 546 Å². The van der Waals surface area contributed by atoms with Crippen molar-refractivity contribution in [2.45, 2.75) is 65.6 Å². The molecule has 92 heavy (non-hydrogen) atoms. The van der Waals surface area contributed by atoms with Gasteiger partial charge in [-0.2, -0.15) is 0 Å². The molecule has 1 aromatic heterocycles. The molecule has 0 unspecified atom stereocenters. The fourth-order valence-electron chi connectivity index (χ4n) is 7.67. The van der Waals surface area contributed by atoms with Crippen LogP contribution in [0.25, 0.3) is 0 Å². The first-order chi connectivity index (χ1) is 45.3. The molecule has 0 aliphatic rings. The van der Waals surface area contributed by atoms with E-state index in [9.17, 15) is 4.79 Å². The van der Waals surface area contributed by atoms with Gasteiger partial charge in [0.05, 0.1) is 270 Å². The summed E-state index contributed by atoms with van der Waals surface area (Å²) in [4.78, 5) is 17.1. The molecule has 0 fully saturated rings. The van der Waals surface area contributed by atoms with Gasteiger partial charge in [0.2, 0.25) is 11.8 Å². The highest BCUT2D eigenvalue weighted by atomic mass is 16.6. The molecule has 0 bridgehead atoms. The molecule has 0 spiro atoms. The highest BCUT2D eigenvalue weighted by Gasteiger charge is 2.24. The number of carbonyl (C=O) groups excluding carboxylic acids is 1. The standard InChI is InChI=1S/C63H115N7O22/c1-4-5-6-58-69-60(62(65)66)61(63(67)92-55(2)3)70(58)54-57-9-7-56(8-10-57)53-68-59(71)11-13-72-15-17-74-19-21-76-23-25-78-27-29-80-31-33-82-35-37-84-39-41-86-43-45-88-47-49-90-51-52-91-50-48-89-46-44-87-42-40-85-38-36-83-34-32-81-30-28-79-26-24-77-22-20-75-18-16-73-14-12-64/h7-10,55,67H,4-6,11-54,64H2,1-3H3,(H3,65,66)(H,68,71). The summed E-state index contributed by atoms with van der Waals surface area (Å²) < 4.78 is 118. The Morgan fingerprint density at radius 2 is 0.717 bits per heavy atom. The minimum atomic E-state index is -0.217. The molecule has 0 saturated carbocycles. The van der Waals surface area contributed by atoms with Gasteiger partial charge < -0.3 is 121 Å². The second kappa shape index (κ2) is 64.3. The summed E-state index contributed by atoms with van der Waals surface area (Å²) in [7, 11) is 0. The molecular formula is C63H115N7O22. The second-order valence-corrected chi connectivity index (χ2v) is 20.2. The molecular weight excluding hydrogens is 1210 g/mol. The third-order valence-corrected chi connectivity index (χ3v) is 12.3. The van der Waals surface area contributed by atoms with Crippen LogP contribution in [0.1, 0.15) is 68.4 Å². The van der Waals surface area contributed by atoms with Gasteiger partial charge in [-0.1, -0.05) is 37.6 Å². The van der Waals surface area contributed by atoms with Gasteiger partial charge in [-0.05, 0) is 31.4 Å². The lowest BCUT2D eigenvalue weighted by Crippen LogP contribution is -2.24. The number of hydrogen-bond donors (Lipinski definition) is 5. The van der Waals surface area contributed by atoms with Gasteiger partial charge in [0.1, 0.15) is 23.0 Å². The maximum Gasteiger partial charge on any atom is 0.233 e. The normalized spacial score (nSPS) is 11.6. The first-order valence-electron chi connectivity index (χ1n) is 32.5. The Kier molecular flexibility index (Phi) is 58.8. The molecule has 7 N–H and O–H groups in total. The van der Waals surface area contributed by atoms with Crippen LogP contribution in [-0.4, -0.2) is 304 Å². The minimum Gasteiger partial charge on any atom is -0.474 e. The number of nitrogens with zero attached hydrogens (tertiary/aromatic N) is 2. The maximum atomic E-state index is 12.5. The van der Waals surface area contributed by atoms with Gasteiger partial charge in [-0.15, -0.1) is 0 Å². The molecule has 534 valence electrons. The fraction of sp³-hybridized carbons (Fsp3) is 0.810. The number of ether oxygens (including phenoxy) is 21. The summed E-state index contributed by atoms with van der Waals surface area (Å²) in [6.07, 6.45) is 2.59. The molecule has 1 heterocycles. The number of nitrogen functional groups attached to an aromatic ring is 1. The third-order valence-electron chi connectivity index (χ3n) is 12.3. The van der Waals surface area contributed by atoms with E-state index in [1.807, 2.05) is 42.7 Å². The molecule has 1 amide bonds. The van der Waals surface area contributed by atoms with Crippen LogP contribution in [-0.2, 0) is 124 Å². The van der Waals surface area contributed by atoms with E-state index in [1.54, 1.807) is 0 Å². The number of unbranched alkanes of at least 4 members (excludes halogenated alkanes) is 1. The molecule has 29 heteroatoms. The summed E-state index contributed by atoms with van der Waals surface area (Å²) >= 11 is 0. The van der Waals surface area contributed by atoms with E-state index in [-0.39, 0.29) is 42.5 Å². The first kappa shape index (κ1) is 84.1. The van der Waals surface area contributed by atoms with Gasteiger partial charge in [0.25, 0.3) is 0 Å². The Hall–Kier alpha value is -4.00. The van der Waals surface area contributed by atoms with E-state index < -0.39 is 0 Å². The number of carbonyl (C=O) groups is 1. The van der Waals surface area contributed by atoms with Crippen LogP contribution in [0.3, 0.4) is 0 Å². The van der Waals surface area contributed by atoms with Crippen molar-refractivity contribution in [1.29, 1.82) is 10.8 Å². The van der Waals surface area contributed by atoms with Crippen molar-refractivity contribution in [3.63, 3.8) is 0 Å². The highest BCUT2D eigenvalue weighted by Crippen LogP contribution is 2.19. The SMILES string of the molecule is CCCCc1nc(C(=N)N)c(C(=N)OC(C)C)n1Cc1ccc(CNC(=O)CCOCCOCCOCCOCCOCCOCCOCCOCCOCCOCCOCCOCCOCCOCCOCCOCCOCCOCCOCCOCCN)cc1. The van der Waals surface area contributed by atoms with Crippen molar-refractivity contribution in [2.24, 2.45) is 11.5 Å². The number of rotatable bonds is 72. The Morgan fingerprint density at radius 1 is 0.446 bits per heavy atom. The molecule has 0 saturated heterocycles. The number of aromatic nitrogens is 2. The van der Waals surface area contributed by atoms with Crippen molar-refractivity contribution in [2.75, 3.05) is 271 Å². The zero-order valence-electron chi connectivity index (χ0n) is 55.7. The maximum absolute atomic E-state index is 12.5. The van der Waals surface area contributed by atoms with Gasteiger partial charge >= 0.3 is 0 Å². The summed E-state index contributed by atoms with van der Waals surface area (Å²) in [6.45, 7) is 26.1. The zero-order chi connectivity index (χ0) is 66.1. The Balaban J connectivity index is 1.20. The van der Waals surface area contributed by atoms with Crippen molar-refractivity contribution >= 4 is 17.6 Å². The number of amides is 1. The van der Waals surface area contributed by atoms with Crippen molar-refractivity contribution in [3.8, 4) is 0 Å². The van der Waals surface area contributed by atoms with Crippen LogP contribution in [0.5, 0.6) is 0 Å². The van der Waals surface area contributed by atoms with Crippen molar-refractivity contribution < 1.29 is 104 Å². The molecule has 2 aromatic rings. The summed E-state index contributed by atoms with van der Waals surface area (Å²) in [5.74, 6) is 0.376. The predicted molar refractivity (Wildman–Crippen MR) is 342 cm³/mol. The first-order valence-corrected chi connectivity index (χ1v) is 32.5. The van der Waals surface area contributed by atoms with Crippen LogP contribution in [0.4, 0.5) is 0 Å². The zero-order valence-corrected chi connectivity index (χ0v) is 55.7. The van der Waals surface area contributed by atoms with E-state index in [2.05, 4.69) is 17.2 Å². The number of amidine groups is 1. The third kappa shape index (κ3) is 51.4. The number of aryl methyl sites for hydroxylation is 1. The molecule has 1 aromatic carbocycles. The average Bonchev–Trinajstić information content (AvgIpc) is 1.69. The predicted octanol–water partition coefficient (Wildman–Crippen LogP) is 2.61. The summed E-state index contributed by atoms with van der Waals surface area (Å²) in [6, 6.07) is 7.88.